The second kappa shape index (κ2) is 5.23. The number of primary sulfonamides is 1. The van der Waals surface area contributed by atoms with Crippen molar-refractivity contribution in [2.24, 2.45) is 5.14 Å². The van der Waals surface area contributed by atoms with Gasteiger partial charge in [-0.2, -0.15) is 0 Å². The predicted octanol–water partition coefficient (Wildman–Crippen LogP) is 1.58. The van der Waals surface area contributed by atoms with Crippen molar-refractivity contribution in [1.82, 2.24) is 0 Å². The fraction of sp³-hybridized carbons (Fsp3) is 0.250. The van der Waals surface area contributed by atoms with Gasteiger partial charge in [0.05, 0.1) is 0 Å². The Morgan fingerprint density at radius 1 is 1.44 bits per heavy atom. The van der Waals surface area contributed by atoms with Crippen LogP contribution in [0.4, 0.5) is 8.78 Å². The van der Waals surface area contributed by atoms with Crippen LogP contribution in [0.5, 0.6) is 5.75 Å². The van der Waals surface area contributed by atoms with E-state index in [2.05, 4.69) is 0 Å². The zero-order valence-corrected chi connectivity index (χ0v) is 10.8. The van der Waals surface area contributed by atoms with E-state index in [0.29, 0.717) is 3.57 Å². The Morgan fingerprint density at radius 3 is 2.56 bits per heavy atom. The molecule has 0 radical (unpaired) electrons. The zero-order valence-electron chi connectivity index (χ0n) is 7.86. The van der Waals surface area contributed by atoms with E-state index >= 15 is 0 Å². The van der Waals surface area contributed by atoms with Gasteiger partial charge in [-0.15, -0.1) is 0 Å². The molecule has 0 aliphatic carbocycles. The summed E-state index contributed by atoms with van der Waals surface area (Å²) in [6.45, 7) is -0.872. The van der Waals surface area contributed by atoms with Crippen LogP contribution in [0.1, 0.15) is 0 Å². The third-order valence-electron chi connectivity index (χ3n) is 1.58. The summed E-state index contributed by atoms with van der Waals surface area (Å²) in [5.41, 5.74) is 0. The fourth-order valence-electron chi connectivity index (χ4n) is 1.03. The van der Waals surface area contributed by atoms with E-state index in [0.717, 1.165) is 0 Å². The van der Waals surface area contributed by atoms with Crippen LogP contribution in [-0.2, 0) is 10.0 Å². The van der Waals surface area contributed by atoms with Gasteiger partial charge in [-0.25, -0.2) is 22.3 Å². The zero-order chi connectivity index (χ0) is 12.3. The molecule has 2 N–H and O–H groups in total. The van der Waals surface area contributed by atoms with Crippen LogP contribution in [0.15, 0.2) is 23.1 Å². The molecule has 90 valence electrons. The van der Waals surface area contributed by atoms with Crippen LogP contribution in [0.25, 0.3) is 0 Å². The summed E-state index contributed by atoms with van der Waals surface area (Å²) in [6.07, 6.45) is -2.67. The second-order valence-corrected chi connectivity index (χ2v) is 5.47. The van der Waals surface area contributed by atoms with E-state index in [-0.39, 0.29) is 10.6 Å². The number of ether oxygens (including phenoxy) is 1. The molecule has 1 aromatic rings. The number of hydrogen-bond acceptors (Lipinski definition) is 3. The van der Waals surface area contributed by atoms with Gasteiger partial charge in [0.15, 0.2) is 0 Å². The smallest absolute Gasteiger partial charge is 0.272 e. The van der Waals surface area contributed by atoms with Gasteiger partial charge in [0.2, 0.25) is 10.0 Å². The number of alkyl halides is 2. The second-order valence-electron chi connectivity index (χ2n) is 2.81. The van der Waals surface area contributed by atoms with Gasteiger partial charge < -0.3 is 4.74 Å². The molecule has 16 heavy (non-hydrogen) atoms. The first-order valence-electron chi connectivity index (χ1n) is 4.04. The molecule has 0 aliphatic rings. The summed E-state index contributed by atoms with van der Waals surface area (Å²) in [5, 5.41) is 4.96. The number of hydrogen-bond donors (Lipinski definition) is 1. The predicted molar refractivity (Wildman–Crippen MR) is 62.0 cm³/mol. The lowest BCUT2D eigenvalue weighted by Crippen LogP contribution is -2.17. The molecule has 8 heteroatoms. The van der Waals surface area contributed by atoms with Gasteiger partial charge in [-0.1, -0.05) is 6.07 Å². The van der Waals surface area contributed by atoms with Crippen LogP contribution < -0.4 is 9.88 Å². The quantitative estimate of drug-likeness (QED) is 0.826. The van der Waals surface area contributed by atoms with Gasteiger partial charge in [-0.05, 0) is 34.7 Å². The highest BCUT2D eigenvalue weighted by Gasteiger charge is 2.19. The Bertz CT molecular complexity index is 478. The summed E-state index contributed by atoms with van der Waals surface area (Å²) in [7, 11) is -3.99. The minimum absolute atomic E-state index is 0.158. The molecule has 4 nitrogen and oxygen atoms in total. The van der Waals surface area contributed by atoms with Gasteiger partial charge in [0.25, 0.3) is 6.43 Å². The van der Waals surface area contributed by atoms with Crippen molar-refractivity contribution >= 4 is 32.6 Å². The molecule has 1 aromatic carbocycles. The lowest BCUT2D eigenvalue weighted by molar-refractivity contribution is 0.0803. The number of nitrogens with two attached hydrogens (primary N) is 1. The maximum absolute atomic E-state index is 11.9. The van der Waals surface area contributed by atoms with Crippen molar-refractivity contribution in [1.29, 1.82) is 0 Å². The normalized spacial score (nSPS) is 11.8. The Morgan fingerprint density at radius 2 is 2.06 bits per heavy atom. The third-order valence-corrected chi connectivity index (χ3v) is 3.84. The van der Waals surface area contributed by atoms with E-state index in [1.807, 2.05) is 0 Å². The first kappa shape index (κ1) is 13.6. The molecule has 0 amide bonds. The highest BCUT2D eigenvalue weighted by atomic mass is 127. The fourth-order valence-corrected chi connectivity index (χ4v) is 3.17. The van der Waals surface area contributed by atoms with Crippen LogP contribution >= 0.6 is 22.6 Å². The van der Waals surface area contributed by atoms with Gasteiger partial charge in [0, 0.05) is 3.57 Å². The average Bonchev–Trinajstić information content (AvgIpc) is 2.12. The molecular weight excluding hydrogens is 355 g/mol. The molecule has 0 aromatic heterocycles. The first-order valence-corrected chi connectivity index (χ1v) is 6.67. The number of benzene rings is 1. The molecule has 0 unspecified atom stereocenters. The van der Waals surface area contributed by atoms with Crippen molar-refractivity contribution in [3.05, 3.63) is 21.8 Å². The lowest BCUT2D eigenvalue weighted by Gasteiger charge is -2.10. The summed E-state index contributed by atoms with van der Waals surface area (Å²) in [4.78, 5) is -0.267. The van der Waals surface area contributed by atoms with Gasteiger partial charge in [0.1, 0.15) is 17.3 Å². The molecule has 0 saturated heterocycles. The summed E-state index contributed by atoms with van der Waals surface area (Å²) in [5.74, 6) is -0.158. The Hall–Kier alpha value is -0.480. The van der Waals surface area contributed by atoms with Crippen molar-refractivity contribution in [3.63, 3.8) is 0 Å². The van der Waals surface area contributed by atoms with Crippen molar-refractivity contribution in [2.45, 2.75) is 11.3 Å². The standard InChI is InChI=1S/C8H8F2INO3S/c9-7(10)4-15-6-3-1-2-5(11)8(6)16(12,13)14/h1-3,7H,4H2,(H2,12,13,14). The molecule has 0 spiro atoms. The molecule has 1 rings (SSSR count). The molecule has 0 atom stereocenters. The highest BCUT2D eigenvalue weighted by Crippen LogP contribution is 2.27. The minimum Gasteiger partial charge on any atom is -0.486 e. The Kier molecular flexibility index (Phi) is 4.44. The monoisotopic (exact) mass is 363 g/mol. The molecule has 0 fully saturated rings. The van der Waals surface area contributed by atoms with Crippen molar-refractivity contribution in [2.75, 3.05) is 6.61 Å². The maximum Gasteiger partial charge on any atom is 0.272 e. The van der Waals surface area contributed by atoms with E-state index in [1.54, 1.807) is 22.6 Å². The SMILES string of the molecule is NS(=O)(=O)c1c(I)cccc1OCC(F)F. The van der Waals surface area contributed by atoms with Crippen molar-refractivity contribution in [3.8, 4) is 5.75 Å². The number of rotatable bonds is 4. The van der Waals surface area contributed by atoms with Crippen LogP contribution in [0.3, 0.4) is 0 Å². The lowest BCUT2D eigenvalue weighted by atomic mass is 10.3. The van der Waals surface area contributed by atoms with E-state index in [1.165, 1.54) is 18.2 Å². The summed E-state index contributed by atoms with van der Waals surface area (Å²) < 4.78 is 51.4. The van der Waals surface area contributed by atoms with E-state index in [4.69, 9.17) is 9.88 Å². The van der Waals surface area contributed by atoms with Gasteiger partial charge >= 0.3 is 0 Å². The van der Waals surface area contributed by atoms with E-state index in [9.17, 15) is 17.2 Å². The van der Waals surface area contributed by atoms with Crippen molar-refractivity contribution < 1.29 is 21.9 Å². The number of halogens is 3. The summed E-state index contributed by atoms with van der Waals surface area (Å²) >= 11 is 1.74. The molecule has 0 saturated carbocycles. The first-order chi connectivity index (χ1) is 7.32. The molecule has 0 aliphatic heterocycles. The molecular formula is C8H8F2INO3S. The highest BCUT2D eigenvalue weighted by molar-refractivity contribution is 14.1. The maximum atomic E-state index is 11.9. The largest absolute Gasteiger partial charge is 0.486 e. The van der Waals surface area contributed by atoms with Crippen LogP contribution in [0.2, 0.25) is 0 Å². The average molecular weight is 363 g/mol. The minimum atomic E-state index is -3.99. The van der Waals surface area contributed by atoms with Crippen LogP contribution in [-0.4, -0.2) is 21.5 Å². The summed E-state index contributed by atoms with van der Waals surface area (Å²) in [6, 6.07) is 4.27. The Labute approximate surface area is 105 Å². The molecule has 0 heterocycles. The topological polar surface area (TPSA) is 69.4 Å². The Balaban J connectivity index is 3.14. The third kappa shape index (κ3) is 3.52. The van der Waals surface area contributed by atoms with Crippen LogP contribution in [0, 0.1) is 3.57 Å². The van der Waals surface area contributed by atoms with Gasteiger partial charge in [-0.3, -0.25) is 0 Å². The van der Waals surface area contributed by atoms with E-state index < -0.39 is 23.1 Å². The number of sulfonamides is 1. The molecule has 0 bridgehead atoms.